The van der Waals surface area contributed by atoms with Crippen molar-refractivity contribution in [3.05, 3.63) is 64.4 Å². The van der Waals surface area contributed by atoms with Crippen LogP contribution in [-0.2, 0) is 0 Å². The molecule has 1 atom stereocenters. The molecule has 2 heteroatoms. The van der Waals surface area contributed by atoms with Crippen molar-refractivity contribution in [2.75, 3.05) is 0 Å². The smallest absolute Gasteiger partial charge is 0.0493 e. The van der Waals surface area contributed by atoms with E-state index < -0.39 is 0 Å². The Bertz CT molecular complexity index is 627. The molecule has 84 valence electrons. The molecule has 1 N–H and O–H groups in total. The van der Waals surface area contributed by atoms with Crippen LogP contribution >= 0.6 is 11.8 Å². The summed E-state index contributed by atoms with van der Waals surface area (Å²) in [4.78, 5) is 6.21. The van der Waals surface area contributed by atoms with E-state index in [0.29, 0.717) is 0 Å². The van der Waals surface area contributed by atoms with Crippen molar-refractivity contribution in [3.8, 4) is 0 Å². The van der Waals surface area contributed by atoms with Crippen LogP contribution in [0.5, 0.6) is 0 Å². The molecule has 0 saturated heterocycles. The number of rotatable bonds is 1. The van der Waals surface area contributed by atoms with Gasteiger partial charge in [0.2, 0.25) is 0 Å². The fourth-order valence-electron chi connectivity index (χ4n) is 3.01. The van der Waals surface area contributed by atoms with Gasteiger partial charge in [0.15, 0.2) is 0 Å². The molecule has 0 saturated carbocycles. The van der Waals surface area contributed by atoms with Gasteiger partial charge in [-0.2, -0.15) is 0 Å². The summed E-state index contributed by atoms with van der Waals surface area (Å²) >= 11 is 1.94. The zero-order valence-electron chi connectivity index (χ0n) is 9.66. The molecule has 0 bridgehead atoms. The second kappa shape index (κ2) is 3.08. The highest BCUT2D eigenvalue weighted by molar-refractivity contribution is 8.12. The van der Waals surface area contributed by atoms with Crippen molar-refractivity contribution < 1.29 is 0 Å². The Morgan fingerprint density at radius 3 is 3.18 bits per heavy atom. The highest BCUT2D eigenvalue weighted by Gasteiger charge is 2.46. The third-order valence-corrected chi connectivity index (χ3v) is 5.29. The fourth-order valence-corrected chi connectivity index (χ4v) is 4.51. The van der Waals surface area contributed by atoms with Gasteiger partial charge in [-0.3, -0.25) is 0 Å². The van der Waals surface area contributed by atoms with Crippen molar-refractivity contribution >= 4 is 16.7 Å². The first-order chi connectivity index (χ1) is 8.31. The predicted octanol–water partition coefficient (Wildman–Crippen LogP) is 4.18. The molecule has 0 amide bonds. The summed E-state index contributed by atoms with van der Waals surface area (Å²) in [6.45, 7) is 2.15. The highest BCUT2D eigenvalue weighted by atomic mass is 32.2. The Balaban J connectivity index is 1.96. The van der Waals surface area contributed by atoms with Crippen molar-refractivity contribution in [3.63, 3.8) is 0 Å². The largest absolute Gasteiger partial charge is 0.365 e. The zero-order valence-corrected chi connectivity index (χ0v) is 10.5. The zero-order chi connectivity index (χ0) is 11.5. The number of aryl methyl sites for hydroxylation is 1. The minimum Gasteiger partial charge on any atom is -0.365 e. The number of hydrogen-bond donors (Lipinski definition) is 1. The van der Waals surface area contributed by atoms with Gasteiger partial charge in [0, 0.05) is 32.7 Å². The Labute approximate surface area is 105 Å². The van der Waals surface area contributed by atoms with E-state index in [1.165, 1.54) is 26.6 Å². The van der Waals surface area contributed by atoms with Crippen LogP contribution in [0.25, 0.3) is 4.91 Å². The first kappa shape index (κ1) is 9.60. The van der Waals surface area contributed by atoms with Crippen LogP contribution in [-0.4, -0.2) is 4.98 Å². The lowest BCUT2D eigenvalue weighted by atomic mass is 9.82. The molecular weight excluding hydrogens is 226 g/mol. The van der Waals surface area contributed by atoms with Crippen molar-refractivity contribution in [2.45, 2.75) is 13.3 Å². The molecule has 1 spiro atoms. The van der Waals surface area contributed by atoms with Crippen LogP contribution in [0.3, 0.4) is 0 Å². The van der Waals surface area contributed by atoms with E-state index in [1.54, 1.807) is 0 Å². The van der Waals surface area contributed by atoms with Gasteiger partial charge in [0.05, 0.1) is 0 Å². The van der Waals surface area contributed by atoms with Gasteiger partial charge >= 0.3 is 0 Å². The summed E-state index contributed by atoms with van der Waals surface area (Å²) in [7, 11) is 0. The van der Waals surface area contributed by atoms with Crippen LogP contribution in [0.1, 0.15) is 17.7 Å². The van der Waals surface area contributed by atoms with E-state index in [2.05, 4.69) is 48.4 Å². The predicted molar refractivity (Wildman–Crippen MR) is 73.5 cm³/mol. The van der Waals surface area contributed by atoms with Gasteiger partial charge in [-0.25, -0.2) is 0 Å². The summed E-state index contributed by atoms with van der Waals surface area (Å²) in [6, 6.07) is 2.19. The SMILES string of the molecule is Cc1[nH]ccc1C1=C2C=CCC23C=CC=C3S1. The first-order valence-electron chi connectivity index (χ1n) is 5.95. The second-order valence-electron chi connectivity index (χ2n) is 4.83. The minimum absolute atomic E-state index is 0.198. The fraction of sp³-hybridized carbons (Fsp3) is 0.200. The lowest BCUT2D eigenvalue weighted by Crippen LogP contribution is -2.11. The molecule has 17 heavy (non-hydrogen) atoms. The third kappa shape index (κ3) is 1.07. The summed E-state index contributed by atoms with van der Waals surface area (Å²) < 4.78 is 0. The first-order valence-corrected chi connectivity index (χ1v) is 6.76. The maximum absolute atomic E-state index is 3.28. The molecule has 2 aliphatic carbocycles. The molecule has 1 unspecified atom stereocenters. The van der Waals surface area contributed by atoms with Crippen LogP contribution in [0.15, 0.2) is 53.1 Å². The van der Waals surface area contributed by atoms with Crippen molar-refractivity contribution in [1.29, 1.82) is 0 Å². The molecule has 0 aromatic carbocycles. The standard InChI is InChI=1S/C15H13NS/c1-10-11(6-9-16-10)14-12-4-2-7-15(12)8-3-5-13(15)17-14/h2-6,8-9,16H,7H2,1H3. The van der Waals surface area contributed by atoms with Gasteiger partial charge in [0.25, 0.3) is 0 Å². The maximum atomic E-state index is 3.28. The lowest BCUT2D eigenvalue weighted by Gasteiger charge is -2.20. The average molecular weight is 239 g/mol. The van der Waals surface area contributed by atoms with E-state index in [-0.39, 0.29) is 5.41 Å². The Hall–Kier alpha value is -1.41. The molecule has 1 aliphatic heterocycles. The number of nitrogens with one attached hydrogen (secondary N) is 1. The average Bonchev–Trinajstić information content (AvgIpc) is 2.99. The van der Waals surface area contributed by atoms with E-state index in [0.717, 1.165) is 6.42 Å². The summed E-state index contributed by atoms with van der Waals surface area (Å²) in [5.41, 5.74) is 4.31. The number of aromatic nitrogens is 1. The number of aromatic amines is 1. The number of H-pyrrole nitrogens is 1. The Morgan fingerprint density at radius 2 is 2.35 bits per heavy atom. The molecule has 4 rings (SSSR count). The van der Waals surface area contributed by atoms with E-state index in [9.17, 15) is 0 Å². The van der Waals surface area contributed by atoms with Gasteiger partial charge in [-0.05, 0) is 25.0 Å². The number of allylic oxidation sites excluding steroid dienone is 7. The molecular formula is C15H13NS. The quantitative estimate of drug-likeness (QED) is 0.777. The summed E-state index contributed by atoms with van der Waals surface area (Å²) in [5, 5.41) is 0. The van der Waals surface area contributed by atoms with Crippen molar-refractivity contribution in [1.82, 2.24) is 4.98 Å². The van der Waals surface area contributed by atoms with E-state index >= 15 is 0 Å². The van der Waals surface area contributed by atoms with Crippen molar-refractivity contribution in [2.24, 2.45) is 5.41 Å². The third-order valence-electron chi connectivity index (χ3n) is 3.93. The number of hydrogen-bond acceptors (Lipinski definition) is 1. The molecule has 0 radical (unpaired) electrons. The molecule has 1 aromatic heterocycles. The summed E-state index contributed by atoms with van der Waals surface area (Å²) in [6.07, 6.45) is 14.6. The molecule has 0 fully saturated rings. The normalized spacial score (nSPS) is 28.9. The van der Waals surface area contributed by atoms with Gasteiger partial charge in [-0.1, -0.05) is 42.1 Å². The van der Waals surface area contributed by atoms with Gasteiger partial charge in [-0.15, -0.1) is 0 Å². The summed E-state index contributed by atoms with van der Waals surface area (Å²) in [5.74, 6) is 0. The molecule has 3 aliphatic rings. The Morgan fingerprint density at radius 1 is 1.41 bits per heavy atom. The van der Waals surface area contributed by atoms with Gasteiger partial charge in [0.1, 0.15) is 0 Å². The monoisotopic (exact) mass is 239 g/mol. The topological polar surface area (TPSA) is 15.8 Å². The highest BCUT2D eigenvalue weighted by Crippen LogP contribution is 2.64. The second-order valence-corrected chi connectivity index (χ2v) is 5.88. The van der Waals surface area contributed by atoms with E-state index in [1.807, 2.05) is 18.0 Å². The minimum atomic E-state index is 0.198. The Kier molecular flexibility index (Phi) is 1.74. The van der Waals surface area contributed by atoms with Gasteiger partial charge < -0.3 is 4.98 Å². The van der Waals surface area contributed by atoms with Crippen LogP contribution in [0, 0.1) is 12.3 Å². The molecule has 1 aromatic rings. The molecule has 2 heterocycles. The molecule has 1 nitrogen and oxygen atoms in total. The van der Waals surface area contributed by atoms with Crippen LogP contribution < -0.4 is 0 Å². The maximum Gasteiger partial charge on any atom is 0.0493 e. The van der Waals surface area contributed by atoms with E-state index in [4.69, 9.17) is 0 Å². The lowest BCUT2D eigenvalue weighted by molar-refractivity contribution is 0.644. The number of thioether (sulfide) groups is 1. The van der Waals surface area contributed by atoms with Crippen LogP contribution in [0.4, 0.5) is 0 Å². The van der Waals surface area contributed by atoms with Crippen LogP contribution in [0.2, 0.25) is 0 Å².